The van der Waals surface area contributed by atoms with Gasteiger partial charge < -0.3 is 36.1 Å². The van der Waals surface area contributed by atoms with Crippen LogP contribution in [-0.4, -0.2) is 41.0 Å². The van der Waals surface area contributed by atoms with Crippen molar-refractivity contribution in [1.82, 2.24) is 4.98 Å². The molecule has 0 fully saturated rings. The standard InChI is InChI=1S/C36H33N5O4/c1-44-33-14-9-24(16-34(33)45-2)30-18-32(22-7-12-28(38)13-8-22)40-36(30)41-35-29(23-3-4-25(19-42)26(15-23)20-43)17-31(39-35)21-5-10-27(37)11-6-21/h3-18,39,42-43H,19-20,37-38H2,1-2H3. The predicted octanol–water partition coefficient (Wildman–Crippen LogP) is 6.13. The molecule has 0 saturated heterocycles. The lowest BCUT2D eigenvalue weighted by molar-refractivity contribution is 0.260. The molecule has 4 aromatic carbocycles. The lowest BCUT2D eigenvalue weighted by Crippen LogP contribution is -1.98. The Hall–Kier alpha value is -5.64. The first-order valence-corrected chi connectivity index (χ1v) is 14.3. The van der Waals surface area contributed by atoms with E-state index in [4.69, 9.17) is 30.9 Å². The summed E-state index contributed by atoms with van der Waals surface area (Å²) in [7, 11) is 3.20. The minimum Gasteiger partial charge on any atom is -0.493 e. The van der Waals surface area contributed by atoms with Crippen molar-refractivity contribution < 1.29 is 19.7 Å². The van der Waals surface area contributed by atoms with Crippen LogP contribution in [0.15, 0.2) is 107 Å². The lowest BCUT2D eigenvalue weighted by atomic mass is 10.00. The number of aromatic amines is 1. The van der Waals surface area contributed by atoms with E-state index < -0.39 is 0 Å². The van der Waals surface area contributed by atoms with Gasteiger partial charge in [0.25, 0.3) is 0 Å². The summed E-state index contributed by atoms with van der Waals surface area (Å²) in [5.41, 5.74) is 21.2. The summed E-state index contributed by atoms with van der Waals surface area (Å²) < 4.78 is 11.1. The van der Waals surface area contributed by atoms with E-state index >= 15 is 0 Å². The first-order chi connectivity index (χ1) is 21.9. The number of anilines is 2. The summed E-state index contributed by atoms with van der Waals surface area (Å²) in [5.74, 6) is 2.27. The maximum atomic E-state index is 10.0. The van der Waals surface area contributed by atoms with Gasteiger partial charge in [-0.25, -0.2) is 9.98 Å². The molecule has 0 atom stereocenters. The van der Waals surface area contributed by atoms with Crippen LogP contribution in [0.4, 0.5) is 17.2 Å². The molecule has 1 aromatic heterocycles. The lowest BCUT2D eigenvalue weighted by Gasteiger charge is -2.11. The number of ether oxygens (including phenoxy) is 2. The number of aromatic nitrogens is 1. The van der Waals surface area contributed by atoms with Gasteiger partial charge in [-0.05, 0) is 82.4 Å². The third-order valence-electron chi connectivity index (χ3n) is 7.74. The van der Waals surface area contributed by atoms with Crippen molar-refractivity contribution in [2.24, 2.45) is 9.98 Å². The van der Waals surface area contributed by atoms with Gasteiger partial charge >= 0.3 is 0 Å². The number of H-pyrrole nitrogens is 1. The molecule has 9 nitrogen and oxygen atoms in total. The predicted molar refractivity (Wildman–Crippen MR) is 180 cm³/mol. The van der Waals surface area contributed by atoms with Crippen LogP contribution in [-0.2, 0) is 13.2 Å². The first-order valence-electron chi connectivity index (χ1n) is 14.3. The van der Waals surface area contributed by atoms with Crippen LogP contribution in [0.5, 0.6) is 11.5 Å². The van der Waals surface area contributed by atoms with Crippen LogP contribution >= 0.6 is 0 Å². The summed E-state index contributed by atoms with van der Waals surface area (Å²) in [6.07, 6.45) is 2.00. The quantitative estimate of drug-likeness (QED) is 0.129. The van der Waals surface area contributed by atoms with E-state index in [9.17, 15) is 10.2 Å². The average molecular weight is 600 g/mol. The van der Waals surface area contributed by atoms with Gasteiger partial charge in [0.2, 0.25) is 0 Å². The summed E-state index contributed by atoms with van der Waals surface area (Å²) >= 11 is 0. The van der Waals surface area contributed by atoms with E-state index in [0.717, 1.165) is 44.8 Å². The Balaban J connectivity index is 1.54. The van der Waals surface area contributed by atoms with Gasteiger partial charge in [-0.2, -0.15) is 0 Å². The fourth-order valence-electron chi connectivity index (χ4n) is 5.28. The molecular weight excluding hydrogens is 566 g/mol. The van der Waals surface area contributed by atoms with Crippen molar-refractivity contribution >= 4 is 34.3 Å². The molecule has 7 N–H and O–H groups in total. The Morgan fingerprint density at radius 3 is 1.96 bits per heavy atom. The van der Waals surface area contributed by atoms with Gasteiger partial charge in [0.15, 0.2) is 17.3 Å². The molecule has 0 saturated carbocycles. The van der Waals surface area contributed by atoms with Crippen LogP contribution in [0.3, 0.4) is 0 Å². The number of nitrogens with one attached hydrogen (secondary N) is 1. The molecule has 6 rings (SSSR count). The van der Waals surface area contributed by atoms with Crippen molar-refractivity contribution in [2.75, 3.05) is 25.7 Å². The number of rotatable bonds is 9. The number of allylic oxidation sites excluding steroid dienone is 1. The zero-order chi connectivity index (χ0) is 31.5. The molecule has 45 heavy (non-hydrogen) atoms. The highest BCUT2D eigenvalue weighted by Gasteiger charge is 2.22. The molecule has 2 heterocycles. The van der Waals surface area contributed by atoms with Crippen molar-refractivity contribution in [3.63, 3.8) is 0 Å². The molecule has 1 aliphatic heterocycles. The van der Waals surface area contributed by atoms with Crippen LogP contribution < -0.4 is 20.9 Å². The molecule has 0 unspecified atom stereocenters. The van der Waals surface area contributed by atoms with E-state index in [0.29, 0.717) is 45.7 Å². The number of nitrogens with two attached hydrogens (primary N) is 2. The Labute approximate surface area is 260 Å². The number of nitrogen functional groups attached to an aromatic ring is 2. The molecule has 5 aromatic rings. The summed E-state index contributed by atoms with van der Waals surface area (Å²) in [6, 6.07) is 28.4. The molecule has 226 valence electrons. The van der Waals surface area contributed by atoms with Crippen molar-refractivity contribution in [3.05, 3.63) is 119 Å². The third-order valence-corrected chi connectivity index (χ3v) is 7.74. The zero-order valence-electron chi connectivity index (χ0n) is 24.9. The zero-order valence-corrected chi connectivity index (χ0v) is 24.9. The number of hydrogen-bond acceptors (Lipinski definition) is 7. The molecule has 0 amide bonds. The monoisotopic (exact) mass is 599 g/mol. The summed E-state index contributed by atoms with van der Waals surface area (Å²) in [5, 5.41) is 19.8. The minimum absolute atomic E-state index is 0.169. The Kier molecular flexibility index (Phi) is 8.20. The second-order valence-electron chi connectivity index (χ2n) is 10.5. The second kappa shape index (κ2) is 12.5. The van der Waals surface area contributed by atoms with Gasteiger partial charge in [0.1, 0.15) is 5.82 Å². The molecule has 0 bridgehead atoms. The van der Waals surface area contributed by atoms with E-state index in [1.807, 2.05) is 97.1 Å². The van der Waals surface area contributed by atoms with E-state index in [1.54, 1.807) is 14.2 Å². The van der Waals surface area contributed by atoms with E-state index in [-0.39, 0.29) is 13.2 Å². The molecule has 1 aliphatic rings. The summed E-state index contributed by atoms with van der Waals surface area (Å²) in [6.45, 7) is -0.373. The number of hydrogen-bond donors (Lipinski definition) is 5. The van der Waals surface area contributed by atoms with Gasteiger partial charge in [-0.1, -0.05) is 42.5 Å². The van der Waals surface area contributed by atoms with Gasteiger partial charge in [-0.15, -0.1) is 0 Å². The number of aliphatic hydroxyl groups is 2. The van der Waals surface area contributed by atoms with Gasteiger partial charge in [-0.3, -0.25) is 0 Å². The normalized spacial score (nSPS) is 13.6. The number of benzene rings is 4. The number of aliphatic imine (C=N–C) groups is 2. The first kappa shape index (κ1) is 29.4. The van der Waals surface area contributed by atoms with Crippen molar-refractivity contribution in [3.8, 4) is 33.9 Å². The van der Waals surface area contributed by atoms with Gasteiger partial charge in [0, 0.05) is 33.8 Å². The van der Waals surface area contributed by atoms with Crippen LogP contribution in [0.1, 0.15) is 22.3 Å². The Morgan fingerprint density at radius 1 is 0.689 bits per heavy atom. The number of amidine groups is 1. The highest BCUT2D eigenvalue weighted by atomic mass is 16.5. The SMILES string of the molecule is COc1ccc(C2=CC(c3ccc(N)cc3)=NC2=Nc2[nH]c(-c3ccc(N)cc3)cc2-c2ccc(CO)c(CO)c2)cc1OC. The molecule has 0 spiro atoms. The maximum absolute atomic E-state index is 10.0. The highest BCUT2D eigenvalue weighted by molar-refractivity contribution is 6.38. The Bertz CT molecular complexity index is 1960. The topological polar surface area (TPSA) is 151 Å². The number of aliphatic hydroxyl groups excluding tert-OH is 2. The average Bonchev–Trinajstić information content (AvgIpc) is 3.69. The Morgan fingerprint density at radius 2 is 1.31 bits per heavy atom. The van der Waals surface area contributed by atoms with E-state index in [2.05, 4.69) is 4.98 Å². The van der Waals surface area contributed by atoms with Crippen molar-refractivity contribution in [1.29, 1.82) is 0 Å². The largest absolute Gasteiger partial charge is 0.493 e. The van der Waals surface area contributed by atoms with Crippen LogP contribution in [0.2, 0.25) is 0 Å². The third kappa shape index (κ3) is 5.95. The molecule has 0 aliphatic carbocycles. The van der Waals surface area contributed by atoms with Gasteiger partial charge in [0.05, 0.1) is 33.1 Å². The highest BCUT2D eigenvalue weighted by Crippen LogP contribution is 2.39. The van der Waals surface area contributed by atoms with Crippen LogP contribution in [0.25, 0.3) is 28.0 Å². The molecular formula is C36H33N5O4. The molecule has 9 heteroatoms. The molecule has 0 radical (unpaired) electrons. The fraction of sp³-hybridized carbons (Fsp3) is 0.111. The van der Waals surface area contributed by atoms with E-state index in [1.165, 1.54) is 0 Å². The van der Waals surface area contributed by atoms with Crippen LogP contribution in [0, 0.1) is 0 Å². The number of methoxy groups -OCH3 is 2. The maximum Gasteiger partial charge on any atom is 0.162 e. The number of nitrogens with zero attached hydrogens (tertiary/aromatic N) is 2. The summed E-state index contributed by atoms with van der Waals surface area (Å²) in [4.78, 5) is 13.6. The van der Waals surface area contributed by atoms with Crippen molar-refractivity contribution in [2.45, 2.75) is 13.2 Å². The smallest absolute Gasteiger partial charge is 0.162 e. The minimum atomic E-state index is -0.204. The fourth-order valence-corrected chi connectivity index (χ4v) is 5.28. The second-order valence-corrected chi connectivity index (χ2v) is 10.5.